The number of rotatable bonds is 5. The summed E-state index contributed by atoms with van der Waals surface area (Å²) in [6, 6.07) is 14.3. The van der Waals surface area contributed by atoms with Crippen LogP contribution in [-0.2, 0) is 18.9 Å². The van der Waals surface area contributed by atoms with Crippen LogP contribution in [0.1, 0.15) is 23.7 Å². The topological polar surface area (TPSA) is 77.4 Å². The molecule has 28 heavy (non-hydrogen) atoms. The summed E-state index contributed by atoms with van der Waals surface area (Å²) in [6.07, 6.45) is -4.34. The van der Waals surface area contributed by atoms with Crippen molar-refractivity contribution in [3.8, 4) is 0 Å². The third kappa shape index (κ3) is 4.20. The minimum Gasteiger partial charge on any atom is -0.394 e. The van der Waals surface area contributed by atoms with E-state index in [0.717, 1.165) is 11.1 Å². The number of ether oxygens (including phenoxy) is 4. The molecular weight excluding hydrogens is 407 g/mol. The Hall–Kier alpha value is -1.22. The summed E-state index contributed by atoms with van der Waals surface area (Å²) < 4.78 is 23.7. The number of aliphatic hydroxyl groups is 2. The highest BCUT2D eigenvalue weighted by molar-refractivity contribution is 6.30. The van der Waals surface area contributed by atoms with Gasteiger partial charge in [-0.3, -0.25) is 0 Å². The summed E-state index contributed by atoms with van der Waals surface area (Å²) in [4.78, 5) is 0. The molecule has 150 valence electrons. The Bertz CT molecular complexity index is 819. The second kappa shape index (κ2) is 8.65. The van der Waals surface area contributed by atoms with E-state index in [9.17, 15) is 10.2 Å². The van der Waals surface area contributed by atoms with Gasteiger partial charge in [0.15, 0.2) is 12.6 Å². The molecule has 0 amide bonds. The molecule has 0 spiro atoms. The zero-order valence-corrected chi connectivity index (χ0v) is 16.3. The van der Waals surface area contributed by atoms with Gasteiger partial charge in [-0.15, -0.1) is 0 Å². The van der Waals surface area contributed by atoms with Gasteiger partial charge in [0.05, 0.1) is 13.2 Å². The van der Waals surface area contributed by atoms with Crippen LogP contribution in [0.15, 0.2) is 48.5 Å². The fraction of sp³-hybridized carbons (Fsp3) is 0.400. The number of halogens is 2. The lowest BCUT2D eigenvalue weighted by Crippen LogP contribution is -2.44. The van der Waals surface area contributed by atoms with Crippen LogP contribution in [0, 0.1) is 0 Å². The van der Waals surface area contributed by atoms with E-state index >= 15 is 0 Å². The summed E-state index contributed by atoms with van der Waals surface area (Å²) >= 11 is 12.1. The Kier molecular flexibility index (Phi) is 6.20. The third-order valence-electron chi connectivity index (χ3n) is 4.77. The van der Waals surface area contributed by atoms with E-state index in [2.05, 4.69) is 0 Å². The van der Waals surface area contributed by atoms with Crippen molar-refractivity contribution < 1.29 is 29.2 Å². The lowest BCUT2D eigenvalue weighted by molar-refractivity contribution is -0.107. The number of benzene rings is 2. The van der Waals surface area contributed by atoms with Crippen molar-refractivity contribution in [2.24, 2.45) is 0 Å². The van der Waals surface area contributed by atoms with Crippen molar-refractivity contribution in [2.75, 3.05) is 13.2 Å². The Labute approximate surface area is 172 Å². The maximum atomic E-state index is 10.2. The highest BCUT2D eigenvalue weighted by atomic mass is 35.5. The summed E-state index contributed by atoms with van der Waals surface area (Å²) in [6.45, 7) is -0.208. The summed E-state index contributed by atoms with van der Waals surface area (Å²) in [5, 5.41) is 20.8. The third-order valence-corrected chi connectivity index (χ3v) is 5.24. The standard InChI is InChI=1S/C20H20Cl2O6/c21-13-5-1-3-11(7-13)19-25-10-16(26-19)18-17(15(24)9-23)27-20(28-18)12-4-2-6-14(22)8-12/h1-8,15-20,23-24H,9-10H2/t15-,16+,17+,18+,19?,20?/m0/s1. The SMILES string of the molecule is OC[C@H](O)[C@H]1OC(c2cccc(Cl)c2)O[C@@H]1[C@H]1COC(c2cccc(Cl)c2)O1. The van der Waals surface area contributed by atoms with E-state index in [-0.39, 0.29) is 6.61 Å². The Morgan fingerprint density at radius 1 is 0.929 bits per heavy atom. The predicted octanol–water partition coefficient (Wildman–Crippen LogP) is 3.24. The summed E-state index contributed by atoms with van der Waals surface area (Å²) in [7, 11) is 0. The minimum atomic E-state index is -1.12. The molecule has 2 fully saturated rings. The largest absolute Gasteiger partial charge is 0.394 e. The van der Waals surface area contributed by atoms with E-state index in [4.69, 9.17) is 42.1 Å². The molecule has 2 aliphatic rings. The fourth-order valence-corrected chi connectivity index (χ4v) is 3.81. The molecule has 0 radical (unpaired) electrons. The highest BCUT2D eigenvalue weighted by Crippen LogP contribution is 2.39. The first-order valence-corrected chi connectivity index (χ1v) is 9.68. The van der Waals surface area contributed by atoms with Crippen LogP contribution in [0.25, 0.3) is 0 Å². The summed E-state index contributed by atoms with van der Waals surface area (Å²) in [5.41, 5.74) is 1.51. The Morgan fingerprint density at radius 3 is 2.18 bits per heavy atom. The molecule has 4 rings (SSSR count). The maximum absolute atomic E-state index is 10.2. The first-order chi connectivity index (χ1) is 13.5. The molecule has 0 saturated carbocycles. The smallest absolute Gasteiger partial charge is 0.185 e. The average Bonchev–Trinajstić information content (AvgIpc) is 3.34. The molecule has 0 bridgehead atoms. The van der Waals surface area contributed by atoms with Gasteiger partial charge in [0, 0.05) is 21.2 Å². The van der Waals surface area contributed by atoms with Gasteiger partial charge in [0.25, 0.3) is 0 Å². The molecule has 8 heteroatoms. The number of hydrogen-bond acceptors (Lipinski definition) is 6. The quantitative estimate of drug-likeness (QED) is 0.763. The second-order valence-corrected chi connectivity index (χ2v) is 7.61. The van der Waals surface area contributed by atoms with Crippen LogP contribution >= 0.6 is 23.2 Å². The second-order valence-electron chi connectivity index (χ2n) is 6.73. The van der Waals surface area contributed by atoms with E-state index in [1.165, 1.54) is 0 Å². The zero-order valence-electron chi connectivity index (χ0n) is 14.8. The molecule has 2 aromatic rings. The van der Waals surface area contributed by atoms with Crippen LogP contribution in [0.3, 0.4) is 0 Å². The van der Waals surface area contributed by atoms with Crippen molar-refractivity contribution in [1.82, 2.24) is 0 Å². The molecule has 2 aromatic carbocycles. The van der Waals surface area contributed by atoms with E-state index in [1.54, 1.807) is 30.3 Å². The molecule has 6 atom stereocenters. The fourth-order valence-electron chi connectivity index (χ4n) is 3.42. The molecule has 2 aliphatic heterocycles. The van der Waals surface area contributed by atoms with Crippen molar-refractivity contribution in [3.63, 3.8) is 0 Å². The number of hydrogen-bond donors (Lipinski definition) is 2. The van der Waals surface area contributed by atoms with Crippen molar-refractivity contribution in [2.45, 2.75) is 37.0 Å². The average molecular weight is 427 g/mol. The molecule has 2 N–H and O–H groups in total. The molecule has 0 aliphatic carbocycles. The molecule has 0 aromatic heterocycles. The normalized spacial score (nSPS) is 31.2. The predicted molar refractivity (Wildman–Crippen MR) is 102 cm³/mol. The molecule has 6 nitrogen and oxygen atoms in total. The van der Waals surface area contributed by atoms with Gasteiger partial charge in [-0.25, -0.2) is 0 Å². The molecular formula is C20H20Cl2O6. The lowest BCUT2D eigenvalue weighted by atomic mass is 10.0. The van der Waals surface area contributed by atoms with Gasteiger partial charge in [0.1, 0.15) is 24.4 Å². The first kappa shape index (κ1) is 20.1. The summed E-state index contributed by atoms with van der Waals surface area (Å²) in [5.74, 6) is 0. The van der Waals surface area contributed by atoms with Gasteiger partial charge >= 0.3 is 0 Å². The Morgan fingerprint density at radius 2 is 1.57 bits per heavy atom. The molecule has 2 unspecified atom stereocenters. The van der Waals surface area contributed by atoms with Gasteiger partial charge in [0.2, 0.25) is 0 Å². The zero-order chi connectivity index (χ0) is 19.7. The van der Waals surface area contributed by atoms with Crippen LogP contribution in [-0.4, -0.2) is 47.8 Å². The van der Waals surface area contributed by atoms with Crippen LogP contribution < -0.4 is 0 Å². The maximum Gasteiger partial charge on any atom is 0.185 e. The molecule has 2 saturated heterocycles. The van der Waals surface area contributed by atoms with Gasteiger partial charge in [-0.1, -0.05) is 47.5 Å². The van der Waals surface area contributed by atoms with Crippen LogP contribution in [0.2, 0.25) is 10.0 Å². The minimum absolute atomic E-state index is 0.252. The lowest BCUT2D eigenvalue weighted by Gasteiger charge is -2.24. The van der Waals surface area contributed by atoms with Gasteiger partial charge < -0.3 is 29.2 Å². The van der Waals surface area contributed by atoms with E-state index < -0.39 is 43.6 Å². The van der Waals surface area contributed by atoms with Crippen molar-refractivity contribution in [1.29, 1.82) is 0 Å². The van der Waals surface area contributed by atoms with Crippen LogP contribution in [0.5, 0.6) is 0 Å². The van der Waals surface area contributed by atoms with E-state index in [1.807, 2.05) is 18.2 Å². The van der Waals surface area contributed by atoms with Crippen molar-refractivity contribution in [3.05, 3.63) is 69.7 Å². The first-order valence-electron chi connectivity index (χ1n) is 8.93. The van der Waals surface area contributed by atoms with E-state index in [0.29, 0.717) is 10.0 Å². The van der Waals surface area contributed by atoms with Crippen LogP contribution in [0.4, 0.5) is 0 Å². The Balaban J connectivity index is 1.51. The number of aliphatic hydroxyl groups excluding tert-OH is 2. The molecule has 2 heterocycles. The monoisotopic (exact) mass is 426 g/mol. The highest BCUT2D eigenvalue weighted by Gasteiger charge is 2.48. The van der Waals surface area contributed by atoms with Gasteiger partial charge in [-0.05, 0) is 24.3 Å². The van der Waals surface area contributed by atoms with Crippen molar-refractivity contribution >= 4 is 23.2 Å². The van der Waals surface area contributed by atoms with Gasteiger partial charge in [-0.2, -0.15) is 0 Å².